The second-order valence-corrected chi connectivity index (χ2v) is 10.7. The van der Waals surface area contributed by atoms with Crippen molar-refractivity contribution in [3.63, 3.8) is 0 Å². The third kappa shape index (κ3) is 4.08. The van der Waals surface area contributed by atoms with E-state index in [9.17, 15) is 9.59 Å². The van der Waals surface area contributed by atoms with E-state index < -0.39 is 5.92 Å². The van der Waals surface area contributed by atoms with Crippen molar-refractivity contribution >= 4 is 11.6 Å². The van der Waals surface area contributed by atoms with Gasteiger partial charge in [0.2, 0.25) is 0 Å². The minimum atomic E-state index is -0.408. The zero-order chi connectivity index (χ0) is 23.3. The number of aliphatic hydroxyl groups is 1. The van der Waals surface area contributed by atoms with E-state index >= 15 is 0 Å². The van der Waals surface area contributed by atoms with Gasteiger partial charge in [0.05, 0.1) is 13.7 Å². The Morgan fingerprint density at radius 2 is 1.50 bits per heavy atom. The summed E-state index contributed by atoms with van der Waals surface area (Å²) in [7, 11) is 1.56. The van der Waals surface area contributed by atoms with Gasteiger partial charge in [-0.3, -0.25) is 9.59 Å². The van der Waals surface area contributed by atoms with Crippen LogP contribution < -0.4 is 14.8 Å². The van der Waals surface area contributed by atoms with E-state index in [-0.39, 0.29) is 35.6 Å². The molecule has 0 aromatic heterocycles. The van der Waals surface area contributed by atoms with Gasteiger partial charge in [0.25, 0.3) is 0 Å². The molecule has 0 amide bonds. The van der Waals surface area contributed by atoms with Gasteiger partial charge in [-0.25, -0.2) is 0 Å². The molecular formula is C26H33NO5. The van der Waals surface area contributed by atoms with Crippen molar-refractivity contribution in [1.82, 2.24) is 5.32 Å². The van der Waals surface area contributed by atoms with Crippen LogP contribution in [0.5, 0.6) is 11.5 Å². The Labute approximate surface area is 189 Å². The number of Topliss-reactive ketones (excluding diaryl/α,β-unsaturated/α-hetero) is 2. The summed E-state index contributed by atoms with van der Waals surface area (Å²) in [5.74, 6) is 0.824. The van der Waals surface area contributed by atoms with Crippen molar-refractivity contribution in [2.75, 3.05) is 20.3 Å². The number of carbonyl (C=O) groups is 2. The topological polar surface area (TPSA) is 84.9 Å². The van der Waals surface area contributed by atoms with Crippen molar-refractivity contribution < 1.29 is 24.2 Å². The molecule has 6 heteroatoms. The SMILES string of the molecule is COc1cc(C2C3=C(CC(C)(C)CC3=O)NC3=C2C(=O)CC(C)(C)C3)ccc1OCCO. The maximum atomic E-state index is 13.4. The fourth-order valence-corrected chi connectivity index (χ4v) is 5.36. The number of nitrogens with one attached hydrogen (secondary N) is 1. The summed E-state index contributed by atoms with van der Waals surface area (Å²) in [6.45, 7) is 8.52. The Kier molecular flexibility index (Phi) is 5.70. The second kappa shape index (κ2) is 8.07. The lowest BCUT2D eigenvalue weighted by atomic mass is 9.64. The van der Waals surface area contributed by atoms with Crippen LogP contribution >= 0.6 is 0 Å². The molecule has 2 aliphatic carbocycles. The van der Waals surface area contributed by atoms with E-state index in [1.807, 2.05) is 12.1 Å². The van der Waals surface area contributed by atoms with Crippen molar-refractivity contribution in [3.05, 3.63) is 46.3 Å². The lowest BCUT2D eigenvalue weighted by Crippen LogP contribution is -2.42. The average molecular weight is 440 g/mol. The summed E-state index contributed by atoms with van der Waals surface area (Å²) in [5.41, 5.74) is 3.91. The van der Waals surface area contributed by atoms with Gasteiger partial charge >= 0.3 is 0 Å². The summed E-state index contributed by atoms with van der Waals surface area (Å²) < 4.78 is 11.1. The highest BCUT2D eigenvalue weighted by Gasteiger charge is 2.46. The largest absolute Gasteiger partial charge is 0.493 e. The molecule has 172 valence electrons. The molecular weight excluding hydrogens is 406 g/mol. The maximum absolute atomic E-state index is 13.4. The van der Waals surface area contributed by atoms with E-state index in [4.69, 9.17) is 14.6 Å². The molecule has 1 aliphatic heterocycles. The van der Waals surface area contributed by atoms with Gasteiger partial charge in [-0.15, -0.1) is 0 Å². The number of aliphatic hydroxyl groups excluding tert-OH is 1. The third-order valence-electron chi connectivity index (χ3n) is 6.59. The zero-order valence-corrected chi connectivity index (χ0v) is 19.6. The predicted octanol–water partition coefficient (Wildman–Crippen LogP) is 4.04. The number of ketones is 2. The lowest BCUT2D eigenvalue weighted by molar-refractivity contribution is -0.119. The number of methoxy groups -OCH3 is 1. The predicted molar refractivity (Wildman–Crippen MR) is 122 cm³/mol. The van der Waals surface area contributed by atoms with Crippen LogP contribution in [-0.4, -0.2) is 37.0 Å². The molecule has 3 aliphatic rings. The van der Waals surface area contributed by atoms with Crippen molar-refractivity contribution in [2.24, 2.45) is 10.8 Å². The fourth-order valence-electron chi connectivity index (χ4n) is 5.36. The summed E-state index contributed by atoms with van der Waals surface area (Å²) in [4.78, 5) is 26.8. The van der Waals surface area contributed by atoms with Crippen LogP contribution in [0.15, 0.2) is 40.7 Å². The average Bonchev–Trinajstić information content (AvgIpc) is 2.68. The summed E-state index contributed by atoms with van der Waals surface area (Å²) in [5, 5.41) is 12.6. The summed E-state index contributed by atoms with van der Waals surface area (Å²) in [6, 6.07) is 5.55. The molecule has 0 bridgehead atoms. The van der Waals surface area contributed by atoms with Crippen LogP contribution in [-0.2, 0) is 9.59 Å². The van der Waals surface area contributed by atoms with Crippen LogP contribution in [0.3, 0.4) is 0 Å². The number of carbonyl (C=O) groups excluding carboxylic acids is 2. The highest BCUT2D eigenvalue weighted by Crippen LogP contribution is 2.51. The smallest absolute Gasteiger partial charge is 0.162 e. The van der Waals surface area contributed by atoms with Crippen LogP contribution in [0, 0.1) is 10.8 Å². The molecule has 2 N–H and O–H groups in total. The minimum Gasteiger partial charge on any atom is -0.493 e. The van der Waals surface area contributed by atoms with E-state index in [2.05, 4.69) is 33.0 Å². The molecule has 4 rings (SSSR count). The summed E-state index contributed by atoms with van der Waals surface area (Å²) in [6.07, 6.45) is 2.46. The molecule has 0 saturated carbocycles. The molecule has 1 aromatic carbocycles. The monoisotopic (exact) mass is 439 g/mol. The first-order valence-corrected chi connectivity index (χ1v) is 11.3. The number of hydrogen-bond donors (Lipinski definition) is 2. The maximum Gasteiger partial charge on any atom is 0.162 e. The number of hydrogen-bond acceptors (Lipinski definition) is 6. The molecule has 0 atom stereocenters. The van der Waals surface area contributed by atoms with Gasteiger partial charge in [-0.05, 0) is 41.4 Å². The molecule has 1 heterocycles. The third-order valence-corrected chi connectivity index (χ3v) is 6.59. The Hall–Kier alpha value is -2.60. The Balaban J connectivity index is 1.87. The number of dihydropyridines is 1. The van der Waals surface area contributed by atoms with E-state index in [1.54, 1.807) is 13.2 Å². The zero-order valence-electron chi connectivity index (χ0n) is 19.6. The highest BCUT2D eigenvalue weighted by molar-refractivity contribution is 6.06. The highest BCUT2D eigenvalue weighted by atomic mass is 16.5. The quantitative estimate of drug-likeness (QED) is 0.720. The van der Waals surface area contributed by atoms with E-state index in [0.717, 1.165) is 29.8 Å². The number of ether oxygens (including phenoxy) is 2. The van der Waals surface area contributed by atoms with Crippen molar-refractivity contribution in [2.45, 2.75) is 59.3 Å². The van der Waals surface area contributed by atoms with Gasteiger partial charge in [-0.1, -0.05) is 33.8 Å². The lowest BCUT2D eigenvalue weighted by Gasteiger charge is -2.44. The fraction of sp³-hybridized carbons (Fsp3) is 0.538. The molecule has 0 spiro atoms. The molecule has 0 fully saturated rings. The number of allylic oxidation sites excluding steroid dienone is 4. The first kappa shape index (κ1) is 22.6. The molecule has 0 unspecified atom stereocenters. The molecule has 0 saturated heterocycles. The molecule has 6 nitrogen and oxygen atoms in total. The van der Waals surface area contributed by atoms with Gasteiger partial charge in [-0.2, -0.15) is 0 Å². The normalized spacial score (nSPS) is 22.3. The Morgan fingerprint density at radius 1 is 0.938 bits per heavy atom. The summed E-state index contributed by atoms with van der Waals surface area (Å²) >= 11 is 0. The van der Waals surface area contributed by atoms with Gasteiger partial charge < -0.3 is 19.9 Å². The van der Waals surface area contributed by atoms with Gasteiger partial charge in [0, 0.05) is 41.3 Å². The molecule has 1 aromatic rings. The first-order valence-electron chi connectivity index (χ1n) is 11.3. The Morgan fingerprint density at radius 3 is 2.00 bits per heavy atom. The molecule has 0 radical (unpaired) electrons. The minimum absolute atomic E-state index is 0.0949. The van der Waals surface area contributed by atoms with Crippen LogP contribution in [0.4, 0.5) is 0 Å². The van der Waals surface area contributed by atoms with Crippen LogP contribution in [0.2, 0.25) is 0 Å². The van der Waals surface area contributed by atoms with Gasteiger partial charge in [0.1, 0.15) is 6.61 Å². The van der Waals surface area contributed by atoms with Crippen molar-refractivity contribution in [3.8, 4) is 11.5 Å². The number of rotatable bonds is 5. The van der Waals surface area contributed by atoms with E-state index in [0.29, 0.717) is 35.5 Å². The van der Waals surface area contributed by atoms with Gasteiger partial charge in [0.15, 0.2) is 23.1 Å². The standard InChI is InChI=1S/C26H33NO5/c1-25(2)11-16-23(18(29)13-25)22(24-17(27-16)12-26(3,4)14-19(24)30)15-6-7-20(32-9-8-28)21(10-15)31-5/h6-7,10,22,27-28H,8-9,11-14H2,1-5H3. The van der Waals surface area contributed by atoms with Crippen LogP contribution in [0.25, 0.3) is 0 Å². The molecule has 32 heavy (non-hydrogen) atoms. The van der Waals surface area contributed by atoms with E-state index in [1.165, 1.54) is 0 Å². The Bertz CT molecular complexity index is 979. The van der Waals surface area contributed by atoms with Crippen LogP contribution in [0.1, 0.15) is 64.9 Å². The first-order chi connectivity index (χ1) is 15.0. The van der Waals surface area contributed by atoms with Crippen molar-refractivity contribution in [1.29, 1.82) is 0 Å². The number of benzene rings is 1. The second-order valence-electron chi connectivity index (χ2n) is 10.7.